The highest BCUT2D eigenvalue weighted by atomic mass is 32.2. The summed E-state index contributed by atoms with van der Waals surface area (Å²) >= 11 is 2.51. The molecule has 24 nitrogen and oxygen atoms in total. The molecule has 2 heterocycles. The number of aliphatic hydroxyl groups is 1. The van der Waals surface area contributed by atoms with Gasteiger partial charge in [-0.25, -0.2) is 4.98 Å². The number of aliphatic carboxylic acids is 1. The van der Waals surface area contributed by atoms with Crippen LogP contribution < -0.4 is 31.9 Å². The number of carbonyl (C=O) groups is 10. The Balaban J connectivity index is 1.60. The molecule has 0 saturated carbocycles. The molecule has 93 heavy (non-hydrogen) atoms. The topological polar surface area (TPSA) is 324 Å². The number of aliphatic hydroxyl groups excluding tert-OH is 1. The quantitative estimate of drug-likeness (QED) is 0.0235. The summed E-state index contributed by atoms with van der Waals surface area (Å²) in [6.07, 6.45) is 3.72. The van der Waals surface area contributed by atoms with Crippen LogP contribution in [0.25, 0.3) is 0 Å². The number of carboxylic acid groups (broad SMARTS) is 1. The van der Waals surface area contributed by atoms with Gasteiger partial charge in [0, 0.05) is 69.0 Å². The van der Waals surface area contributed by atoms with Crippen molar-refractivity contribution in [1.82, 2.24) is 46.3 Å². The second kappa shape index (κ2) is 38.5. The lowest BCUT2D eigenvalue weighted by Gasteiger charge is -2.38. The second-order valence-corrected chi connectivity index (χ2v) is 27.3. The number of anilines is 1. The van der Waals surface area contributed by atoms with E-state index in [9.17, 15) is 53.1 Å². The minimum atomic E-state index is -1.09. The van der Waals surface area contributed by atoms with Gasteiger partial charge >= 0.3 is 5.97 Å². The number of amides is 9. The van der Waals surface area contributed by atoms with E-state index in [0.717, 1.165) is 16.0 Å². The number of nitrogens with one attached hydrogen (secondary N) is 6. The van der Waals surface area contributed by atoms with Gasteiger partial charge in [-0.3, -0.25) is 57.7 Å². The number of hydrogen-bond donors (Lipinski definition) is 8. The molecule has 1 aliphatic heterocycles. The molecule has 0 spiro atoms. The van der Waals surface area contributed by atoms with Gasteiger partial charge in [0.15, 0.2) is 0 Å². The third-order valence-corrected chi connectivity index (χ3v) is 19.0. The molecule has 0 aliphatic carbocycles. The van der Waals surface area contributed by atoms with Crippen molar-refractivity contribution >= 4 is 87.9 Å². The van der Waals surface area contributed by atoms with E-state index in [4.69, 9.17) is 19.6 Å². The van der Waals surface area contributed by atoms with Crippen LogP contribution in [0.4, 0.5) is 5.69 Å². The monoisotopic (exact) mass is 1330 g/mol. The smallest absolute Gasteiger partial charge is 0.306 e. The first kappa shape index (κ1) is 78.6. The molecule has 1 saturated heterocycles. The number of nitrogens with zero attached hydrogens (tertiary/aromatic N) is 4. The first-order valence-corrected chi connectivity index (χ1v) is 34.3. The highest BCUT2D eigenvalue weighted by Crippen LogP contribution is 2.33. The minimum Gasteiger partial charge on any atom is -0.481 e. The van der Waals surface area contributed by atoms with Crippen LogP contribution in [0.3, 0.4) is 0 Å². The molecule has 8 N–H and O–H groups in total. The Hall–Kier alpha value is -6.84. The Morgan fingerprint density at radius 2 is 1.54 bits per heavy atom. The van der Waals surface area contributed by atoms with Crippen LogP contribution in [0.1, 0.15) is 163 Å². The van der Waals surface area contributed by atoms with E-state index < -0.39 is 82.6 Å². The lowest BCUT2D eigenvalue weighted by Crippen LogP contribution is -2.60. The fraction of sp³-hybridized carbons (Fsp3) is 0.627. The van der Waals surface area contributed by atoms with Gasteiger partial charge < -0.3 is 56.5 Å². The van der Waals surface area contributed by atoms with E-state index in [1.54, 1.807) is 82.4 Å². The van der Waals surface area contributed by atoms with Crippen molar-refractivity contribution in [2.75, 3.05) is 65.6 Å². The number of unbranched alkanes of at least 4 members (excludes halogenated alkanes) is 1. The Morgan fingerprint density at radius 3 is 2.15 bits per heavy atom. The van der Waals surface area contributed by atoms with Crippen LogP contribution in [-0.4, -0.2) is 190 Å². The molecule has 0 bridgehead atoms. The standard InChI is InChI=1S/C67H102N10O14S2/c1-15-42(5)58(74-66(89)67(9,10)75(11)12)64(86)76(13)52(40(2)3)36-53(62-73-51(39-93-62)61(84)70-48(34-44(7)65(87)88)35-46-23-21-41(4)22-24-46)91-38-47-25-26-49(43(6)33-47)71-60(83)50(19-16-17-28-68-55(79)27-31-90-32-30-78)72-59(82)45(8)69-56(80)20-18-29-77-57(81)37-54(92-14)63(77)85/h21-26,33,39-40,42,44-45,48,50,52-54,58,78H,15-20,27-32,34-38H2,1-14H3,(H,68,79)(H,69,80)(H,70,84)(H,71,83)(H,72,82)(H,74,89)(H,87,88)/t42?,44?,45?,48-,50?,52-,53-,54?,58+/m1/s1. The first-order chi connectivity index (χ1) is 43.9. The van der Waals surface area contributed by atoms with Crippen molar-refractivity contribution in [2.24, 2.45) is 17.8 Å². The number of thiazole rings is 1. The summed E-state index contributed by atoms with van der Waals surface area (Å²) in [7, 11) is 5.32. The van der Waals surface area contributed by atoms with Crippen LogP contribution >= 0.6 is 23.1 Å². The fourth-order valence-electron chi connectivity index (χ4n) is 10.4. The summed E-state index contributed by atoms with van der Waals surface area (Å²) in [5.74, 6) is -5.64. The van der Waals surface area contributed by atoms with Crippen molar-refractivity contribution < 1.29 is 67.6 Å². The highest BCUT2D eigenvalue weighted by Gasteiger charge is 2.40. The first-order valence-electron chi connectivity index (χ1n) is 32.2. The van der Waals surface area contributed by atoms with Gasteiger partial charge in [-0.1, -0.05) is 83.0 Å². The van der Waals surface area contributed by atoms with Crippen molar-refractivity contribution in [3.63, 3.8) is 0 Å². The van der Waals surface area contributed by atoms with Gasteiger partial charge in [-0.05, 0) is 128 Å². The fourth-order valence-corrected chi connectivity index (χ4v) is 11.9. The number of likely N-dealkylation sites (tertiary alicyclic amines) is 1. The lowest BCUT2D eigenvalue weighted by atomic mass is 9.92. The summed E-state index contributed by atoms with van der Waals surface area (Å²) in [5, 5.41) is 37.8. The Kier molecular flexibility index (Phi) is 32.5. The van der Waals surface area contributed by atoms with Crippen molar-refractivity contribution in [1.29, 1.82) is 0 Å². The zero-order valence-corrected chi connectivity index (χ0v) is 58.4. The third kappa shape index (κ3) is 24.8. The summed E-state index contributed by atoms with van der Waals surface area (Å²) < 4.78 is 12.0. The number of ether oxygens (including phenoxy) is 2. The molecule has 26 heteroatoms. The normalized spacial score (nSPS) is 16.0. The molecular weight excluding hydrogens is 1230 g/mol. The molecule has 2 aromatic carbocycles. The number of likely N-dealkylation sites (N-methyl/N-ethyl adjacent to an activating group) is 2. The molecule has 4 rings (SSSR count). The van der Waals surface area contributed by atoms with Crippen LogP contribution in [0.5, 0.6) is 0 Å². The van der Waals surface area contributed by atoms with Crippen molar-refractivity contribution in [3.8, 4) is 0 Å². The van der Waals surface area contributed by atoms with Crippen LogP contribution in [-0.2, 0) is 65.7 Å². The minimum absolute atomic E-state index is 0.0156. The van der Waals surface area contributed by atoms with Crippen LogP contribution in [0.2, 0.25) is 0 Å². The Bertz CT molecular complexity index is 3000. The molecule has 516 valence electrons. The summed E-state index contributed by atoms with van der Waals surface area (Å²) in [4.78, 5) is 143. The third-order valence-electron chi connectivity index (χ3n) is 17.2. The predicted molar refractivity (Wildman–Crippen MR) is 359 cm³/mol. The molecule has 1 aromatic heterocycles. The number of rotatable bonds is 41. The average Bonchev–Trinajstić information content (AvgIpc) is 2.05. The number of carboxylic acids is 1. The zero-order chi connectivity index (χ0) is 69.3. The van der Waals surface area contributed by atoms with Crippen molar-refractivity contribution in [3.05, 3.63) is 80.8 Å². The number of carbonyl (C=O) groups excluding carboxylic acids is 9. The summed E-state index contributed by atoms with van der Waals surface area (Å²) in [5.41, 5.74) is 2.95. The van der Waals surface area contributed by atoms with E-state index >= 15 is 0 Å². The van der Waals surface area contributed by atoms with Gasteiger partial charge in [-0.2, -0.15) is 11.8 Å². The number of benzene rings is 2. The number of aryl methyl sites for hydroxylation is 2. The van der Waals surface area contributed by atoms with Crippen LogP contribution in [0.15, 0.2) is 47.8 Å². The lowest BCUT2D eigenvalue weighted by molar-refractivity contribution is -0.142. The van der Waals surface area contributed by atoms with Gasteiger partial charge in [0.2, 0.25) is 47.3 Å². The molecule has 3 aromatic rings. The van der Waals surface area contributed by atoms with E-state index in [-0.39, 0.29) is 132 Å². The van der Waals surface area contributed by atoms with Gasteiger partial charge in [-0.15, -0.1) is 11.3 Å². The van der Waals surface area contributed by atoms with E-state index in [1.807, 2.05) is 65.0 Å². The number of imide groups is 1. The number of thioether (sulfide) groups is 1. The maximum Gasteiger partial charge on any atom is 0.306 e. The van der Waals surface area contributed by atoms with Gasteiger partial charge in [0.1, 0.15) is 34.9 Å². The van der Waals surface area contributed by atoms with Crippen molar-refractivity contribution in [2.45, 2.75) is 194 Å². The molecule has 1 aliphatic rings. The maximum atomic E-state index is 14.8. The average molecular weight is 1340 g/mol. The number of hydrogen-bond acceptors (Lipinski definition) is 17. The molecule has 1 fully saturated rings. The summed E-state index contributed by atoms with van der Waals surface area (Å²) in [6.45, 7) is 18.8. The Morgan fingerprint density at radius 1 is 0.849 bits per heavy atom. The second-order valence-electron chi connectivity index (χ2n) is 25.3. The maximum absolute atomic E-state index is 14.8. The highest BCUT2D eigenvalue weighted by molar-refractivity contribution is 8.00. The SMILES string of the molecule is CCC(C)[C@H](NC(=O)C(C)(C)N(C)C)C(=O)N(C)[C@H](C[C@@H](OCc1ccc(NC(=O)C(CCCCNC(=O)CCOCCO)NC(=O)C(C)NC(=O)CCCN2C(=O)CC(SC)C2=O)c(C)c1)c1nc(C(=O)N[C@@H](Cc2ccc(C)cc2)CC(C)C(=O)O)cs1)C(C)C. The van der Waals surface area contributed by atoms with E-state index in [1.165, 1.54) is 30.0 Å². The van der Waals surface area contributed by atoms with E-state index in [0.29, 0.717) is 47.5 Å². The molecular formula is C67H102N10O14S2. The molecule has 5 unspecified atom stereocenters. The largest absolute Gasteiger partial charge is 0.481 e. The van der Waals surface area contributed by atoms with Gasteiger partial charge in [0.05, 0.1) is 43.1 Å². The van der Waals surface area contributed by atoms with Crippen LogP contribution in [0, 0.1) is 31.6 Å². The predicted octanol–water partition coefficient (Wildman–Crippen LogP) is 6.10. The summed E-state index contributed by atoms with van der Waals surface area (Å²) in [6, 6.07) is 9.13. The molecule has 9 amide bonds. The Labute approximate surface area is 557 Å². The number of aromatic nitrogens is 1. The molecule has 9 atom stereocenters. The molecule has 0 radical (unpaired) electrons. The van der Waals surface area contributed by atoms with Gasteiger partial charge in [0.25, 0.3) is 5.91 Å². The van der Waals surface area contributed by atoms with E-state index in [2.05, 4.69) is 31.9 Å². The zero-order valence-electron chi connectivity index (χ0n) is 56.8.